The van der Waals surface area contributed by atoms with E-state index in [0.717, 1.165) is 61.2 Å². The third kappa shape index (κ3) is 5.65. The van der Waals surface area contributed by atoms with Crippen LogP contribution in [0.2, 0.25) is 0 Å². The summed E-state index contributed by atoms with van der Waals surface area (Å²) >= 11 is 0. The fourth-order valence-corrected chi connectivity index (χ4v) is 7.51. The first kappa shape index (κ1) is 30.7. The van der Waals surface area contributed by atoms with E-state index in [1.807, 2.05) is 18.3 Å². The minimum absolute atomic E-state index is 0.594. The Morgan fingerprint density at radius 3 is 1.70 bits per heavy atom. The number of nitrogens with zero attached hydrogens (tertiary/aromatic N) is 2. The van der Waals surface area contributed by atoms with Crippen LogP contribution in [0, 0.1) is 0 Å². The lowest BCUT2D eigenvalue weighted by atomic mass is 9.91. The molecule has 8 aromatic carbocycles. The van der Waals surface area contributed by atoms with Crippen LogP contribution in [0.5, 0.6) is 0 Å². The number of oxazole rings is 1. The van der Waals surface area contributed by atoms with E-state index in [4.69, 9.17) is 9.40 Å². The zero-order chi connectivity index (χ0) is 35.1. The Balaban J connectivity index is 1.10. The number of fused-ring (bicyclic) bond motifs is 4. The fourth-order valence-electron chi connectivity index (χ4n) is 7.51. The average molecular weight is 677 g/mol. The van der Waals surface area contributed by atoms with E-state index >= 15 is 0 Å². The maximum absolute atomic E-state index is 6.68. The number of rotatable bonds is 6. The topological polar surface area (TPSA) is 38.9 Å². The molecule has 0 saturated heterocycles. The molecule has 10 aromatic rings. The first-order valence-electron chi connectivity index (χ1n) is 17.9. The van der Waals surface area contributed by atoms with Gasteiger partial charge in [-0.2, -0.15) is 0 Å². The smallest absolute Gasteiger partial charge is 0.227 e. The van der Waals surface area contributed by atoms with Crippen LogP contribution < -0.4 is 0 Å². The summed E-state index contributed by atoms with van der Waals surface area (Å²) in [5, 5.41) is 4.88. The molecule has 2 heterocycles. The molecule has 10 rings (SSSR count). The van der Waals surface area contributed by atoms with Crippen LogP contribution in [0.1, 0.15) is 0 Å². The summed E-state index contributed by atoms with van der Waals surface area (Å²) in [5.74, 6) is 0.594. The molecule has 0 bridgehead atoms. The van der Waals surface area contributed by atoms with Crippen molar-refractivity contribution in [1.29, 1.82) is 0 Å². The maximum atomic E-state index is 6.68. The molecule has 0 amide bonds. The number of aromatic nitrogens is 2. The van der Waals surface area contributed by atoms with Gasteiger partial charge < -0.3 is 4.42 Å². The van der Waals surface area contributed by atoms with Crippen molar-refractivity contribution in [3.63, 3.8) is 0 Å². The number of benzene rings is 8. The molecule has 2 aromatic heterocycles. The third-order valence-electron chi connectivity index (χ3n) is 10.2. The molecule has 0 N–H and O–H groups in total. The van der Waals surface area contributed by atoms with E-state index in [2.05, 4.69) is 175 Å². The van der Waals surface area contributed by atoms with Gasteiger partial charge in [0.05, 0.1) is 0 Å². The fraction of sp³-hybridized carbons (Fsp3) is 0. The van der Waals surface area contributed by atoms with Crippen molar-refractivity contribution in [3.05, 3.63) is 194 Å². The highest BCUT2D eigenvalue weighted by Crippen LogP contribution is 2.41. The average Bonchev–Trinajstić information content (AvgIpc) is 3.68. The predicted octanol–water partition coefficient (Wildman–Crippen LogP) is 13.5. The van der Waals surface area contributed by atoms with E-state index in [-0.39, 0.29) is 0 Å². The second kappa shape index (κ2) is 12.9. The van der Waals surface area contributed by atoms with Crippen LogP contribution in [-0.4, -0.2) is 9.97 Å². The van der Waals surface area contributed by atoms with Crippen molar-refractivity contribution >= 4 is 32.6 Å². The molecular weight excluding hydrogens is 645 g/mol. The summed E-state index contributed by atoms with van der Waals surface area (Å²) in [6.45, 7) is 0. The Hall–Kier alpha value is -7.10. The van der Waals surface area contributed by atoms with Gasteiger partial charge in [0.25, 0.3) is 0 Å². The van der Waals surface area contributed by atoms with E-state index in [1.54, 1.807) is 6.20 Å². The van der Waals surface area contributed by atoms with E-state index in [9.17, 15) is 0 Å². The van der Waals surface area contributed by atoms with Gasteiger partial charge >= 0.3 is 0 Å². The summed E-state index contributed by atoms with van der Waals surface area (Å²) in [7, 11) is 0. The molecule has 0 unspecified atom stereocenters. The number of hydrogen-bond donors (Lipinski definition) is 0. The van der Waals surface area contributed by atoms with Crippen molar-refractivity contribution in [1.82, 2.24) is 9.97 Å². The third-order valence-corrected chi connectivity index (χ3v) is 10.2. The number of pyridine rings is 1. The van der Waals surface area contributed by atoms with Crippen molar-refractivity contribution in [2.45, 2.75) is 0 Å². The molecule has 248 valence electrons. The minimum Gasteiger partial charge on any atom is -0.436 e. The zero-order valence-corrected chi connectivity index (χ0v) is 28.8. The molecule has 0 atom stereocenters. The van der Waals surface area contributed by atoms with Crippen LogP contribution >= 0.6 is 0 Å². The van der Waals surface area contributed by atoms with E-state index < -0.39 is 0 Å². The van der Waals surface area contributed by atoms with Crippen LogP contribution in [0.15, 0.2) is 199 Å². The SMILES string of the molecule is c1ccc(-c2ccc(-c3ccc(-c4nc5c(-c6cccc(-c7cccnc7)c6)cc(-c6cc7ccccc7c7ccccc67)cc5o4)cc3)cc2)cc1. The second-order valence-corrected chi connectivity index (χ2v) is 13.4. The summed E-state index contributed by atoms with van der Waals surface area (Å²) in [6, 6.07) is 64.4. The first-order valence-corrected chi connectivity index (χ1v) is 17.9. The maximum Gasteiger partial charge on any atom is 0.227 e. The molecule has 0 aliphatic heterocycles. The molecule has 3 nitrogen and oxygen atoms in total. The largest absolute Gasteiger partial charge is 0.436 e. The van der Waals surface area contributed by atoms with Crippen LogP contribution in [-0.2, 0) is 0 Å². The van der Waals surface area contributed by atoms with Crippen LogP contribution in [0.4, 0.5) is 0 Å². The van der Waals surface area contributed by atoms with Gasteiger partial charge in [0, 0.05) is 29.1 Å². The van der Waals surface area contributed by atoms with Gasteiger partial charge in [0.2, 0.25) is 5.89 Å². The predicted molar refractivity (Wildman–Crippen MR) is 219 cm³/mol. The van der Waals surface area contributed by atoms with Crippen molar-refractivity contribution < 1.29 is 4.42 Å². The molecule has 0 saturated carbocycles. The zero-order valence-electron chi connectivity index (χ0n) is 28.8. The Morgan fingerprint density at radius 2 is 0.962 bits per heavy atom. The summed E-state index contributed by atoms with van der Waals surface area (Å²) < 4.78 is 6.68. The highest BCUT2D eigenvalue weighted by Gasteiger charge is 2.18. The van der Waals surface area contributed by atoms with Gasteiger partial charge in [-0.05, 0) is 109 Å². The Bertz CT molecular complexity index is 2910. The summed E-state index contributed by atoms with van der Waals surface area (Å²) in [4.78, 5) is 9.55. The van der Waals surface area contributed by atoms with Gasteiger partial charge in [-0.3, -0.25) is 4.98 Å². The monoisotopic (exact) mass is 676 g/mol. The first-order chi connectivity index (χ1) is 26.2. The standard InChI is InChI=1S/C50H32N2O/c1-2-10-33(11-3-1)34-19-21-35(22-20-34)36-23-25-37(26-24-36)50-52-49-47(39-14-8-13-38(28-39)41-15-9-27-51-32-41)30-42(31-48(49)53-50)46-29-40-12-4-5-16-43(40)44-17-6-7-18-45(44)46/h1-32H. The van der Waals surface area contributed by atoms with E-state index in [0.29, 0.717) is 5.89 Å². The van der Waals surface area contributed by atoms with Gasteiger partial charge in [-0.25, -0.2) is 4.98 Å². The molecule has 0 fully saturated rings. The Kier molecular flexibility index (Phi) is 7.47. The lowest BCUT2D eigenvalue weighted by Gasteiger charge is -2.13. The molecule has 53 heavy (non-hydrogen) atoms. The van der Waals surface area contributed by atoms with Gasteiger partial charge in [-0.1, -0.05) is 140 Å². The quantitative estimate of drug-likeness (QED) is 0.165. The van der Waals surface area contributed by atoms with Gasteiger partial charge in [0.15, 0.2) is 5.58 Å². The second-order valence-electron chi connectivity index (χ2n) is 13.4. The minimum atomic E-state index is 0.594. The van der Waals surface area contributed by atoms with Crippen molar-refractivity contribution in [2.75, 3.05) is 0 Å². The van der Waals surface area contributed by atoms with Crippen molar-refractivity contribution in [3.8, 4) is 67.1 Å². The summed E-state index contributed by atoms with van der Waals surface area (Å²) in [5.41, 5.74) is 13.7. The highest BCUT2D eigenvalue weighted by molar-refractivity contribution is 6.14. The Labute approximate surface area is 307 Å². The Morgan fingerprint density at radius 1 is 0.358 bits per heavy atom. The molecule has 3 heteroatoms. The van der Waals surface area contributed by atoms with Gasteiger partial charge in [-0.15, -0.1) is 0 Å². The normalized spacial score (nSPS) is 11.4. The number of hydrogen-bond acceptors (Lipinski definition) is 3. The lowest BCUT2D eigenvalue weighted by molar-refractivity contribution is 0.620. The molecule has 0 aliphatic rings. The molecule has 0 aliphatic carbocycles. The van der Waals surface area contributed by atoms with Crippen LogP contribution in [0.25, 0.3) is 99.7 Å². The molecule has 0 radical (unpaired) electrons. The van der Waals surface area contributed by atoms with Gasteiger partial charge in [0.1, 0.15) is 5.52 Å². The molecule has 0 spiro atoms. The van der Waals surface area contributed by atoms with Crippen molar-refractivity contribution in [2.24, 2.45) is 0 Å². The highest BCUT2D eigenvalue weighted by atomic mass is 16.3. The summed E-state index contributed by atoms with van der Waals surface area (Å²) in [6.07, 6.45) is 3.71. The lowest BCUT2D eigenvalue weighted by Crippen LogP contribution is -1.88. The molecular formula is C50H32N2O. The van der Waals surface area contributed by atoms with E-state index in [1.165, 1.54) is 32.7 Å². The van der Waals surface area contributed by atoms with Crippen LogP contribution in [0.3, 0.4) is 0 Å².